The fourth-order valence-corrected chi connectivity index (χ4v) is 2.31. The van der Waals surface area contributed by atoms with Crippen LogP contribution in [0.5, 0.6) is 0 Å². The number of hydrogen-bond acceptors (Lipinski definition) is 6. The minimum Gasteiger partial charge on any atom is -0.467 e. The minimum absolute atomic E-state index is 0.311. The van der Waals surface area contributed by atoms with E-state index >= 15 is 0 Å². The third kappa shape index (κ3) is 2.52. The van der Waals surface area contributed by atoms with Crippen molar-refractivity contribution in [1.82, 2.24) is 15.1 Å². The van der Waals surface area contributed by atoms with E-state index in [1.165, 1.54) is 18.5 Å². The second kappa shape index (κ2) is 5.53. The molecule has 23 heavy (non-hydrogen) atoms. The van der Waals surface area contributed by atoms with Gasteiger partial charge in [-0.15, -0.1) is 0 Å². The average Bonchev–Trinajstić information content (AvgIpc) is 3.23. The van der Waals surface area contributed by atoms with Gasteiger partial charge in [-0.2, -0.15) is 4.98 Å². The van der Waals surface area contributed by atoms with Crippen molar-refractivity contribution in [3.05, 3.63) is 60.6 Å². The van der Waals surface area contributed by atoms with Gasteiger partial charge in [-0.1, -0.05) is 5.16 Å². The summed E-state index contributed by atoms with van der Waals surface area (Å²) in [5, 5.41) is 7.86. The largest absolute Gasteiger partial charge is 0.467 e. The summed E-state index contributed by atoms with van der Waals surface area (Å²) < 4.78 is 23.7. The fourth-order valence-electron chi connectivity index (χ4n) is 2.31. The molecule has 0 saturated heterocycles. The summed E-state index contributed by atoms with van der Waals surface area (Å²) >= 11 is 0. The van der Waals surface area contributed by atoms with E-state index in [-0.39, 0.29) is 5.82 Å². The highest BCUT2D eigenvalue weighted by Gasteiger charge is 2.16. The van der Waals surface area contributed by atoms with Crippen molar-refractivity contribution >= 4 is 16.9 Å². The lowest BCUT2D eigenvalue weighted by molar-refractivity contribution is 0.451. The van der Waals surface area contributed by atoms with E-state index in [0.717, 1.165) is 11.3 Å². The second-order valence-corrected chi connectivity index (χ2v) is 4.87. The summed E-state index contributed by atoms with van der Waals surface area (Å²) in [5.41, 5.74) is 1.64. The monoisotopic (exact) mass is 310 g/mol. The molecule has 0 fully saturated rings. The van der Waals surface area contributed by atoms with Crippen molar-refractivity contribution in [2.24, 2.45) is 0 Å². The Balaban J connectivity index is 1.75. The van der Waals surface area contributed by atoms with E-state index in [1.54, 1.807) is 18.4 Å². The van der Waals surface area contributed by atoms with Crippen LogP contribution in [0.25, 0.3) is 22.4 Å². The van der Waals surface area contributed by atoms with Crippen molar-refractivity contribution in [1.29, 1.82) is 0 Å². The van der Waals surface area contributed by atoms with Crippen LogP contribution >= 0.6 is 0 Å². The van der Waals surface area contributed by atoms with Crippen molar-refractivity contribution in [2.45, 2.75) is 6.54 Å². The Hall–Kier alpha value is -3.22. The molecule has 0 aliphatic carbocycles. The molecular weight excluding hydrogens is 299 g/mol. The summed E-state index contributed by atoms with van der Waals surface area (Å²) in [6.07, 6.45) is 3.00. The van der Waals surface area contributed by atoms with Gasteiger partial charge < -0.3 is 14.3 Å². The van der Waals surface area contributed by atoms with Crippen molar-refractivity contribution in [2.75, 3.05) is 5.32 Å². The molecule has 0 radical (unpaired) electrons. The van der Waals surface area contributed by atoms with E-state index in [2.05, 4.69) is 20.4 Å². The number of halogens is 1. The van der Waals surface area contributed by atoms with Crippen LogP contribution in [-0.4, -0.2) is 15.1 Å². The van der Waals surface area contributed by atoms with Gasteiger partial charge in [0, 0.05) is 5.56 Å². The number of nitrogens with zero attached hydrogens (tertiary/aromatic N) is 3. The topological polar surface area (TPSA) is 77.0 Å². The van der Waals surface area contributed by atoms with Gasteiger partial charge in [-0.25, -0.2) is 9.37 Å². The summed E-state index contributed by atoms with van der Waals surface area (Å²) in [4.78, 5) is 8.32. The Morgan fingerprint density at radius 3 is 2.74 bits per heavy atom. The first-order chi connectivity index (χ1) is 11.3. The van der Waals surface area contributed by atoms with Gasteiger partial charge in [0.25, 0.3) is 5.71 Å². The summed E-state index contributed by atoms with van der Waals surface area (Å²) in [7, 11) is 0. The van der Waals surface area contributed by atoms with Gasteiger partial charge in [-0.05, 0) is 36.4 Å². The Morgan fingerprint density at radius 1 is 1.09 bits per heavy atom. The molecular formula is C16H11FN4O2. The van der Waals surface area contributed by atoms with Gasteiger partial charge in [0.15, 0.2) is 0 Å². The standard InChI is InChI=1S/C16H11FN4O2/c17-11-5-3-10(4-6-11)14-13-15(18-8-12-2-1-7-22-12)19-9-20-16(13)23-21-14/h1-7,9H,8H2,(H,18,19,20). The van der Waals surface area contributed by atoms with Crippen molar-refractivity contribution in [3.63, 3.8) is 0 Å². The molecule has 0 spiro atoms. The summed E-state index contributed by atoms with van der Waals surface area (Å²) in [6, 6.07) is 9.69. The molecule has 0 amide bonds. The Kier molecular flexibility index (Phi) is 3.23. The number of benzene rings is 1. The molecule has 0 saturated carbocycles. The molecule has 0 aliphatic rings. The molecule has 4 aromatic rings. The van der Waals surface area contributed by atoms with Gasteiger partial charge in [0.1, 0.15) is 34.8 Å². The molecule has 0 atom stereocenters. The first-order valence-corrected chi connectivity index (χ1v) is 6.94. The first-order valence-electron chi connectivity index (χ1n) is 6.94. The zero-order valence-corrected chi connectivity index (χ0v) is 11.9. The highest BCUT2D eigenvalue weighted by Crippen LogP contribution is 2.31. The van der Waals surface area contributed by atoms with Gasteiger partial charge >= 0.3 is 0 Å². The molecule has 0 unspecified atom stereocenters. The van der Waals surface area contributed by atoms with Crippen LogP contribution in [0.4, 0.5) is 10.2 Å². The van der Waals surface area contributed by atoms with Crippen molar-refractivity contribution < 1.29 is 13.3 Å². The zero-order valence-electron chi connectivity index (χ0n) is 11.9. The number of furan rings is 1. The molecule has 3 aromatic heterocycles. The maximum absolute atomic E-state index is 13.1. The van der Waals surface area contributed by atoms with E-state index in [0.29, 0.717) is 29.2 Å². The quantitative estimate of drug-likeness (QED) is 0.620. The lowest BCUT2D eigenvalue weighted by Crippen LogP contribution is -2.01. The van der Waals surface area contributed by atoms with E-state index in [4.69, 9.17) is 8.94 Å². The molecule has 114 valence electrons. The summed E-state index contributed by atoms with van der Waals surface area (Å²) in [6.45, 7) is 0.465. The van der Waals surface area contributed by atoms with Crippen LogP contribution in [0.15, 0.2) is 57.9 Å². The lowest BCUT2D eigenvalue weighted by Gasteiger charge is -2.05. The van der Waals surface area contributed by atoms with E-state index < -0.39 is 0 Å². The third-order valence-corrected chi connectivity index (χ3v) is 3.40. The third-order valence-electron chi connectivity index (χ3n) is 3.40. The fraction of sp³-hybridized carbons (Fsp3) is 0.0625. The highest BCUT2D eigenvalue weighted by molar-refractivity contribution is 5.97. The minimum atomic E-state index is -0.311. The molecule has 1 aromatic carbocycles. The number of hydrogen-bond donors (Lipinski definition) is 1. The summed E-state index contributed by atoms with van der Waals surface area (Å²) in [5.74, 6) is 1.04. The Labute approximate surface area is 130 Å². The normalized spacial score (nSPS) is 11.0. The zero-order chi connectivity index (χ0) is 15.6. The van der Waals surface area contributed by atoms with Crippen molar-refractivity contribution in [3.8, 4) is 11.3 Å². The van der Waals surface area contributed by atoms with Crippen LogP contribution < -0.4 is 5.32 Å². The predicted octanol–water partition coefficient (Wildman–Crippen LogP) is 3.63. The van der Waals surface area contributed by atoms with Crippen LogP contribution in [0, 0.1) is 5.82 Å². The molecule has 3 heterocycles. The molecule has 7 heteroatoms. The Bertz CT molecular complexity index is 933. The Morgan fingerprint density at radius 2 is 1.96 bits per heavy atom. The van der Waals surface area contributed by atoms with Gasteiger partial charge in [0.2, 0.25) is 0 Å². The van der Waals surface area contributed by atoms with Gasteiger partial charge in [0.05, 0.1) is 12.8 Å². The number of nitrogens with one attached hydrogen (secondary N) is 1. The maximum Gasteiger partial charge on any atom is 0.263 e. The van der Waals surface area contributed by atoms with E-state index in [1.807, 2.05) is 12.1 Å². The predicted molar refractivity (Wildman–Crippen MR) is 81.0 cm³/mol. The number of fused-ring (bicyclic) bond motifs is 1. The molecule has 6 nitrogen and oxygen atoms in total. The van der Waals surface area contributed by atoms with E-state index in [9.17, 15) is 4.39 Å². The molecule has 1 N–H and O–H groups in total. The smallest absolute Gasteiger partial charge is 0.263 e. The SMILES string of the molecule is Fc1ccc(-c2noc3ncnc(NCc4ccco4)c23)cc1. The molecule has 0 aliphatic heterocycles. The maximum atomic E-state index is 13.1. The molecule has 0 bridgehead atoms. The molecule has 4 rings (SSSR count). The van der Waals surface area contributed by atoms with Gasteiger partial charge in [-0.3, -0.25) is 0 Å². The number of aromatic nitrogens is 3. The average molecular weight is 310 g/mol. The number of rotatable bonds is 4. The van der Waals surface area contributed by atoms with Crippen LogP contribution in [0.3, 0.4) is 0 Å². The second-order valence-electron chi connectivity index (χ2n) is 4.87. The van der Waals surface area contributed by atoms with Crippen LogP contribution in [0.1, 0.15) is 5.76 Å². The van der Waals surface area contributed by atoms with Crippen LogP contribution in [0.2, 0.25) is 0 Å². The first kappa shape index (κ1) is 13.4. The van der Waals surface area contributed by atoms with Crippen LogP contribution in [-0.2, 0) is 6.54 Å². The number of anilines is 1. The lowest BCUT2D eigenvalue weighted by atomic mass is 10.1. The highest BCUT2D eigenvalue weighted by atomic mass is 19.1.